The Hall–Kier alpha value is -2.40. The van der Waals surface area contributed by atoms with Crippen molar-refractivity contribution in [1.82, 2.24) is 0 Å². The van der Waals surface area contributed by atoms with Crippen LogP contribution in [-0.4, -0.2) is 20.8 Å². The number of hydrogen-bond acceptors (Lipinski definition) is 2. The monoisotopic (exact) mass is 326 g/mol. The lowest BCUT2D eigenvalue weighted by Crippen LogP contribution is -2.28. The summed E-state index contributed by atoms with van der Waals surface area (Å²) in [7, 11) is -3.72. The highest BCUT2D eigenvalue weighted by atomic mass is 32.2. The van der Waals surface area contributed by atoms with E-state index in [-0.39, 0.29) is 4.90 Å². The predicted octanol–water partition coefficient (Wildman–Crippen LogP) is 3.33. The molecule has 3 rings (SSSR count). The van der Waals surface area contributed by atoms with Crippen LogP contribution in [0.5, 0.6) is 0 Å². The van der Waals surface area contributed by atoms with Crippen LogP contribution in [0.3, 0.4) is 0 Å². The lowest BCUT2D eigenvalue weighted by molar-refractivity contribution is 0.598. The molecular formula is C18H18N2O2S. The van der Waals surface area contributed by atoms with Gasteiger partial charge in [-0.25, -0.2) is 0 Å². The zero-order valence-electron chi connectivity index (χ0n) is 12.9. The summed E-state index contributed by atoms with van der Waals surface area (Å²) in [6.45, 7) is 6.20. The van der Waals surface area contributed by atoms with Gasteiger partial charge >= 0.3 is 0 Å². The Bertz CT molecular complexity index is 868. The summed E-state index contributed by atoms with van der Waals surface area (Å²) in [6.07, 6.45) is 2.26. The molecule has 2 aromatic carbocycles. The number of amidine groups is 1. The molecule has 0 atom stereocenters. The van der Waals surface area contributed by atoms with Crippen LogP contribution in [0, 0.1) is 6.92 Å². The molecule has 0 radical (unpaired) electrons. The van der Waals surface area contributed by atoms with E-state index in [0.29, 0.717) is 18.8 Å². The Morgan fingerprint density at radius 3 is 2.57 bits per heavy atom. The Balaban J connectivity index is 2.01. The smallest absolute Gasteiger partial charge is 0.283 e. The summed E-state index contributed by atoms with van der Waals surface area (Å²) in [5, 5.41) is 0. The molecule has 23 heavy (non-hydrogen) atoms. The number of aryl methyl sites for hydroxylation is 1. The molecular weight excluding hydrogens is 308 g/mol. The predicted molar refractivity (Wildman–Crippen MR) is 93.5 cm³/mol. The number of benzene rings is 2. The fourth-order valence-corrected chi connectivity index (χ4v) is 3.67. The van der Waals surface area contributed by atoms with Gasteiger partial charge in [0.25, 0.3) is 10.0 Å². The summed E-state index contributed by atoms with van der Waals surface area (Å²) in [6, 6.07) is 14.6. The molecule has 1 aliphatic heterocycles. The van der Waals surface area contributed by atoms with Gasteiger partial charge in [-0.05, 0) is 30.7 Å². The number of anilines is 1. The van der Waals surface area contributed by atoms with E-state index in [0.717, 1.165) is 16.8 Å². The van der Waals surface area contributed by atoms with Crippen molar-refractivity contribution in [2.45, 2.75) is 18.2 Å². The third kappa shape index (κ3) is 3.05. The molecule has 0 saturated carbocycles. The quantitative estimate of drug-likeness (QED) is 0.810. The van der Waals surface area contributed by atoms with Crippen molar-refractivity contribution in [3.63, 3.8) is 0 Å². The van der Waals surface area contributed by atoms with Gasteiger partial charge in [-0.15, -0.1) is 11.0 Å². The van der Waals surface area contributed by atoms with Gasteiger partial charge in [-0.2, -0.15) is 8.42 Å². The lowest BCUT2D eigenvalue weighted by Gasteiger charge is -2.18. The van der Waals surface area contributed by atoms with Crippen molar-refractivity contribution in [2.75, 3.05) is 11.4 Å². The molecule has 1 aliphatic rings. The van der Waals surface area contributed by atoms with Gasteiger partial charge in [0, 0.05) is 18.7 Å². The maximum absolute atomic E-state index is 12.6. The van der Waals surface area contributed by atoms with Crippen LogP contribution < -0.4 is 4.90 Å². The van der Waals surface area contributed by atoms with E-state index in [1.807, 2.05) is 36.1 Å². The van der Waals surface area contributed by atoms with E-state index >= 15 is 0 Å². The number of hydrogen-bond donors (Lipinski definition) is 0. The van der Waals surface area contributed by atoms with E-state index in [1.54, 1.807) is 30.3 Å². The van der Waals surface area contributed by atoms with Crippen molar-refractivity contribution in [3.8, 4) is 0 Å². The van der Waals surface area contributed by atoms with E-state index in [4.69, 9.17) is 0 Å². The summed E-state index contributed by atoms with van der Waals surface area (Å²) >= 11 is 0. The molecule has 0 unspecified atom stereocenters. The van der Waals surface area contributed by atoms with Gasteiger partial charge in [0.15, 0.2) is 0 Å². The minimum atomic E-state index is -3.72. The summed E-state index contributed by atoms with van der Waals surface area (Å²) < 4.78 is 29.2. The first kappa shape index (κ1) is 15.5. The topological polar surface area (TPSA) is 49.7 Å². The first-order chi connectivity index (χ1) is 11.0. The van der Waals surface area contributed by atoms with Crippen molar-refractivity contribution < 1.29 is 8.42 Å². The molecule has 2 aromatic rings. The summed E-state index contributed by atoms with van der Waals surface area (Å²) in [5.41, 5.74) is 3.08. The molecule has 0 fully saturated rings. The number of rotatable bonds is 4. The van der Waals surface area contributed by atoms with Crippen LogP contribution in [0.15, 0.2) is 70.5 Å². The Labute approximate surface area is 136 Å². The number of nitrogens with zero attached hydrogens (tertiary/aromatic N) is 2. The number of sulfonamides is 1. The van der Waals surface area contributed by atoms with Crippen LogP contribution in [0.1, 0.15) is 11.1 Å². The van der Waals surface area contributed by atoms with Gasteiger partial charge in [0.1, 0.15) is 5.84 Å². The van der Waals surface area contributed by atoms with E-state index in [9.17, 15) is 8.42 Å². The molecule has 0 aromatic heterocycles. The van der Waals surface area contributed by atoms with Crippen molar-refractivity contribution >= 4 is 21.5 Å². The normalized spacial score (nSPS) is 15.7. The number of fused-ring (bicyclic) bond motifs is 1. The standard InChI is InChI=1S/C18H18N2O2S/c1-3-12-20-17-7-5-4-6-15(17)13-18(20)19-23(21,22)16-10-8-14(2)9-11-16/h3-11H,1,12-13H2,2H3/b19-18+. The molecule has 0 amide bonds. The second kappa shape index (κ2) is 6.01. The van der Waals surface area contributed by atoms with Crippen molar-refractivity contribution in [1.29, 1.82) is 0 Å². The van der Waals surface area contributed by atoms with E-state index in [2.05, 4.69) is 11.0 Å². The Morgan fingerprint density at radius 2 is 1.87 bits per heavy atom. The summed E-state index contributed by atoms with van der Waals surface area (Å²) in [5.74, 6) is 0.534. The maximum Gasteiger partial charge on any atom is 0.283 e. The van der Waals surface area contributed by atoms with Crippen LogP contribution in [0.4, 0.5) is 5.69 Å². The third-order valence-corrected chi connectivity index (χ3v) is 5.12. The molecule has 0 aliphatic carbocycles. The molecule has 0 spiro atoms. The van der Waals surface area contributed by atoms with Crippen LogP contribution >= 0.6 is 0 Å². The van der Waals surface area contributed by atoms with Gasteiger partial charge in [-0.1, -0.05) is 42.0 Å². The van der Waals surface area contributed by atoms with Crippen LogP contribution in [0.2, 0.25) is 0 Å². The van der Waals surface area contributed by atoms with E-state index in [1.165, 1.54) is 0 Å². The largest absolute Gasteiger partial charge is 0.325 e. The van der Waals surface area contributed by atoms with Gasteiger partial charge in [0.05, 0.1) is 4.90 Å². The Morgan fingerprint density at radius 1 is 1.17 bits per heavy atom. The molecule has 5 heteroatoms. The second-order valence-electron chi connectivity index (χ2n) is 5.50. The molecule has 4 nitrogen and oxygen atoms in total. The molecule has 0 saturated heterocycles. The third-order valence-electron chi connectivity index (χ3n) is 3.80. The zero-order chi connectivity index (χ0) is 16.4. The highest BCUT2D eigenvalue weighted by molar-refractivity contribution is 7.90. The van der Waals surface area contributed by atoms with Gasteiger partial charge in [0.2, 0.25) is 0 Å². The van der Waals surface area contributed by atoms with Gasteiger partial charge < -0.3 is 4.90 Å². The Kier molecular flexibility index (Phi) is 4.05. The molecule has 0 N–H and O–H groups in total. The second-order valence-corrected chi connectivity index (χ2v) is 7.10. The van der Waals surface area contributed by atoms with Crippen molar-refractivity contribution in [3.05, 3.63) is 72.3 Å². The highest BCUT2D eigenvalue weighted by Crippen LogP contribution is 2.30. The first-order valence-corrected chi connectivity index (χ1v) is 8.82. The fraction of sp³-hybridized carbons (Fsp3) is 0.167. The molecule has 1 heterocycles. The average Bonchev–Trinajstić information content (AvgIpc) is 2.85. The fourth-order valence-electron chi connectivity index (χ4n) is 2.64. The van der Waals surface area contributed by atoms with E-state index < -0.39 is 10.0 Å². The van der Waals surface area contributed by atoms with Gasteiger partial charge in [-0.3, -0.25) is 0 Å². The average molecular weight is 326 g/mol. The first-order valence-electron chi connectivity index (χ1n) is 7.38. The van der Waals surface area contributed by atoms with Crippen LogP contribution in [0.25, 0.3) is 0 Å². The van der Waals surface area contributed by atoms with Crippen molar-refractivity contribution in [2.24, 2.45) is 4.40 Å². The maximum atomic E-state index is 12.6. The molecule has 118 valence electrons. The summed E-state index contributed by atoms with van der Waals surface area (Å²) in [4.78, 5) is 2.11. The lowest BCUT2D eigenvalue weighted by atomic mass is 10.2. The zero-order valence-corrected chi connectivity index (χ0v) is 13.8. The SMILES string of the molecule is C=CCN1/C(=N/S(=O)(=O)c2ccc(C)cc2)Cc2ccccc21. The minimum Gasteiger partial charge on any atom is -0.325 e. The number of para-hydroxylation sites is 1. The minimum absolute atomic E-state index is 0.213. The highest BCUT2D eigenvalue weighted by Gasteiger charge is 2.26. The van der Waals surface area contributed by atoms with Crippen LogP contribution in [-0.2, 0) is 16.4 Å². The molecule has 0 bridgehead atoms.